The Morgan fingerprint density at radius 1 is 1.36 bits per heavy atom. The lowest BCUT2D eigenvalue weighted by Gasteiger charge is -2.22. The average molecular weight is 337 g/mol. The summed E-state index contributed by atoms with van der Waals surface area (Å²) in [5, 5.41) is 13.3. The maximum Gasteiger partial charge on any atom is 0.230 e. The zero-order valence-corrected chi connectivity index (χ0v) is 14.1. The molecule has 1 aliphatic rings. The van der Waals surface area contributed by atoms with Gasteiger partial charge in [-0.1, -0.05) is 31.0 Å². The maximum absolute atomic E-state index is 12.0. The Labute approximate surface area is 138 Å². The molecular weight excluding hydrogens is 318 g/mol. The molecule has 0 saturated heterocycles. The van der Waals surface area contributed by atoms with E-state index in [0.29, 0.717) is 15.6 Å². The van der Waals surface area contributed by atoms with Crippen LogP contribution in [0.1, 0.15) is 37.7 Å². The van der Waals surface area contributed by atoms with Gasteiger partial charge in [-0.2, -0.15) is 5.26 Å². The molecule has 0 aromatic carbocycles. The molecule has 1 fully saturated rings. The van der Waals surface area contributed by atoms with Gasteiger partial charge in [0.2, 0.25) is 11.9 Å². The number of nitriles is 1. The van der Waals surface area contributed by atoms with Crippen molar-refractivity contribution in [2.24, 2.45) is 0 Å². The predicted molar refractivity (Wildman–Crippen MR) is 88.7 cm³/mol. The molecule has 1 saturated carbocycles. The van der Waals surface area contributed by atoms with Crippen molar-refractivity contribution in [1.82, 2.24) is 15.3 Å². The van der Waals surface area contributed by atoms with Crippen LogP contribution in [-0.4, -0.2) is 33.9 Å². The Hall–Kier alpha value is -1.46. The van der Waals surface area contributed by atoms with Crippen LogP contribution in [0.15, 0.2) is 10.1 Å². The first-order valence-corrected chi connectivity index (χ1v) is 9.39. The summed E-state index contributed by atoms with van der Waals surface area (Å²) in [6, 6.07) is 2.38. The standard InChI is InChI=1S/C14H19N5OS2/c1-21-12-10(7-15)13(19-14(16)18-12)22-8-11(20)17-9-5-3-2-4-6-9/h9H,2-6,8H2,1H3,(H,17,20)(H2,16,18,19). The van der Waals surface area contributed by atoms with Gasteiger partial charge in [0, 0.05) is 6.04 Å². The van der Waals surface area contributed by atoms with E-state index in [1.165, 1.54) is 42.8 Å². The predicted octanol–water partition coefficient (Wildman–Crippen LogP) is 2.19. The highest BCUT2D eigenvalue weighted by molar-refractivity contribution is 8.00. The van der Waals surface area contributed by atoms with Crippen LogP contribution in [0.25, 0.3) is 0 Å². The van der Waals surface area contributed by atoms with Crippen molar-refractivity contribution in [3.8, 4) is 6.07 Å². The summed E-state index contributed by atoms with van der Waals surface area (Å²) in [5.41, 5.74) is 6.04. The molecule has 8 heteroatoms. The molecule has 1 heterocycles. The lowest BCUT2D eigenvalue weighted by Crippen LogP contribution is -2.37. The topological polar surface area (TPSA) is 105 Å². The minimum Gasteiger partial charge on any atom is -0.368 e. The van der Waals surface area contributed by atoms with Crippen LogP contribution in [0.2, 0.25) is 0 Å². The number of nitrogens with two attached hydrogens (primary N) is 1. The first-order valence-electron chi connectivity index (χ1n) is 7.17. The first kappa shape index (κ1) is 16.9. The monoisotopic (exact) mass is 337 g/mol. The number of thioether (sulfide) groups is 2. The van der Waals surface area contributed by atoms with Gasteiger partial charge in [-0.25, -0.2) is 9.97 Å². The maximum atomic E-state index is 12.0. The van der Waals surface area contributed by atoms with E-state index in [9.17, 15) is 10.1 Å². The van der Waals surface area contributed by atoms with E-state index in [0.717, 1.165) is 12.8 Å². The third-order valence-corrected chi connectivity index (χ3v) is 5.13. The van der Waals surface area contributed by atoms with Gasteiger partial charge in [0.05, 0.1) is 5.75 Å². The first-order chi connectivity index (χ1) is 10.6. The van der Waals surface area contributed by atoms with Crippen molar-refractivity contribution in [3.05, 3.63) is 5.56 Å². The van der Waals surface area contributed by atoms with E-state index in [-0.39, 0.29) is 23.7 Å². The molecule has 1 aromatic heterocycles. The van der Waals surface area contributed by atoms with Gasteiger partial charge >= 0.3 is 0 Å². The number of carbonyl (C=O) groups is 1. The van der Waals surface area contributed by atoms with Crippen LogP contribution in [-0.2, 0) is 4.79 Å². The van der Waals surface area contributed by atoms with Crippen LogP contribution >= 0.6 is 23.5 Å². The molecule has 6 nitrogen and oxygen atoms in total. The van der Waals surface area contributed by atoms with Crippen molar-refractivity contribution in [1.29, 1.82) is 5.26 Å². The number of carbonyl (C=O) groups excluding carboxylic acids is 1. The number of hydrogen-bond donors (Lipinski definition) is 2. The molecule has 1 amide bonds. The number of rotatable bonds is 5. The van der Waals surface area contributed by atoms with E-state index < -0.39 is 0 Å². The van der Waals surface area contributed by atoms with E-state index in [2.05, 4.69) is 21.4 Å². The SMILES string of the molecule is CSc1nc(N)nc(SCC(=O)NC2CCCCC2)c1C#N. The fourth-order valence-electron chi connectivity index (χ4n) is 2.43. The molecule has 1 aromatic rings. The van der Waals surface area contributed by atoms with Gasteiger partial charge < -0.3 is 11.1 Å². The molecule has 0 aliphatic heterocycles. The van der Waals surface area contributed by atoms with Gasteiger partial charge in [-0.05, 0) is 19.1 Å². The Morgan fingerprint density at radius 2 is 2.05 bits per heavy atom. The van der Waals surface area contributed by atoms with E-state index >= 15 is 0 Å². The molecule has 0 spiro atoms. The normalized spacial score (nSPS) is 15.3. The van der Waals surface area contributed by atoms with Crippen LogP contribution in [0, 0.1) is 11.3 Å². The summed E-state index contributed by atoms with van der Waals surface area (Å²) in [4.78, 5) is 20.2. The van der Waals surface area contributed by atoms with Crippen molar-refractivity contribution in [2.75, 3.05) is 17.7 Å². The minimum absolute atomic E-state index is 0.0244. The van der Waals surface area contributed by atoms with Crippen molar-refractivity contribution >= 4 is 35.4 Å². The average Bonchev–Trinajstić information content (AvgIpc) is 2.53. The largest absolute Gasteiger partial charge is 0.368 e. The molecule has 118 valence electrons. The third kappa shape index (κ3) is 4.52. The molecule has 0 unspecified atom stereocenters. The van der Waals surface area contributed by atoms with E-state index in [4.69, 9.17) is 5.73 Å². The van der Waals surface area contributed by atoms with Crippen LogP contribution in [0.5, 0.6) is 0 Å². The van der Waals surface area contributed by atoms with Gasteiger partial charge in [-0.15, -0.1) is 11.8 Å². The highest BCUT2D eigenvalue weighted by atomic mass is 32.2. The molecule has 0 atom stereocenters. The highest BCUT2D eigenvalue weighted by Gasteiger charge is 2.18. The van der Waals surface area contributed by atoms with Crippen LogP contribution in [0.3, 0.4) is 0 Å². The number of nitrogens with zero attached hydrogens (tertiary/aromatic N) is 3. The second-order valence-electron chi connectivity index (χ2n) is 5.07. The number of amides is 1. The second-order valence-corrected chi connectivity index (χ2v) is 6.83. The summed E-state index contributed by atoms with van der Waals surface area (Å²) in [7, 11) is 0. The van der Waals surface area contributed by atoms with Crippen LogP contribution < -0.4 is 11.1 Å². The Bertz CT molecular complexity index is 581. The summed E-state index contributed by atoms with van der Waals surface area (Å²) in [6.07, 6.45) is 7.54. The summed E-state index contributed by atoms with van der Waals surface area (Å²) in [6.45, 7) is 0. The quantitative estimate of drug-likeness (QED) is 0.627. The molecule has 2 rings (SSSR count). The molecule has 0 radical (unpaired) electrons. The summed E-state index contributed by atoms with van der Waals surface area (Å²) in [5.74, 6) is 0.331. The third-order valence-electron chi connectivity index (χ3n) is 3.48. The van der Waals surface area contributed by atoms with Gasteiger partial charge in [0.15, 0.2) is 0 Å². The van der Waals surface area contributed by atoms with Crippen LogP contribution in [0.4, 0.5) is 5.95 Å². The molecule has 0 bridgehead atoms. The smallest absolute Gasteiger partial charge is 0.230 e. The number of hydrogen-bond acceptors (Lipinski definition) is 7. The van der Waals surface area contributed by atoms with Crippen molar-refractivity contribution in [3.63, 3.8) is 0 Å². The number of anilines is 1. The molecular formula is C14H19N5OS2. The Kier molecular flexibility index (Phi) is 6.34. The second kappa shape index (κ2) is 8.25. The zero-order valence-electron chi connectivity index (χ0n) is 12.5. The van der Waals surface area contributed by atoms with E-state index in [1.54, 1.807) is 0 Å². The molecule has 3 N–H and O–H groups in total. The fraction of sp³-hybridized carbons (Fsp3) is 0.571. The number of nitrogens with one attached hydrogen (secondary N) is 1. The lowest BCUT2D eigenvalue weighted by atomic mass is 9.95. The molecule has 1 aliphatic carbocycles. The Morgan fingerprint density at radius 3 is 2.68 bits per heavy atom. The van der Waals surface area contributed by atoms with E-state index in [1.807, 2.05) is 6.26 Å². The Balaban J connectivity index is 1.97. The zero-order chi connectivity index (χ0) is 15.9. The lowest BCUT2D eigenvalue weighted by molar-refractivity contribution is -0.119. The van der Waals surface area contributed by atoms with Crippen molar-refractivity contribution < 1.29 is 4.79 Å². The highest BCUT2D eigenvalue weighted by Crippen LogP contribution is 2.27. The number of nitrogen functional groups attached to an aromatic ring is 1. The summed E-state index contributed by atoms with van der Waals surface area (Å²) >= 11 is 2.58. The minimum atomic E-state index is -0.0244. The van der Waals surface area contributed by atoms with Crippen molar-refractivity contribution in [2.45, 2.75) is 48.2 Å². The summed E-state index contributed by atoms with van der Waals surface area (Å²) < 4.78 is 0. The number of aromatic nitrogens is 2. The fourth-order valence-corrected chi connectivity index (χ4v) is 3.83. The van der Waals surface area contributed by atoms with Gasteiger partial charge in [0.25, 0.3) is 0 Å². The van der Waals surface area contributed by atoms with Gasteiger partial charge in [0.1, 0.15) is 21.7 Å². The molecule has 22 heavy (non-hydrogen) atoms. The van der Waals surface area contributed by atoms with Gasteiger partial charge in [-0.3, -0.25) is 4.79 Å².